The summed E-state index contributed by atoms with van der Waals surface area (Å²) in [4.78, 5) is 28.0. The van der Waals surface area contributed by atoms with Gasteiger partial charge in [-0.1, -0.05) is 62.4 Å². The third kappa shape index (κ3) is 2.74. The van der Waals surface area contributed by atoms with Crippen LogP contribution in [-0.4, -0.2) is 17.9 Å². The molecule has 4 atom stereocenters. The SMILES string of the molecule is CC(C)C[C@H]1[NH2+][C@@H](c2ccccc2)[C@H]2C(=O)N(c3ccccc3)C(=O)[C@@H]21. The normalized spacial score (nSPS) is 28.0. The monoisotopic (exact) mass is 349 g/mol. The molecule has 26 heavy (non-hydrogen) atoms. The zero-order chi connectivity index (χ0) is 18.3. The molecule has 2 aromatic rings. The van der Waals surface area contributed by atoms with Gasteiger partial charge in [-0.3, -0.25) is 9.59 Å². The van der Waals surface area contributed by atoms with Crippen LogP contribution in [0.1, 0.15) is 31.9 Å². The van der Waals surface area contributed by atoms with Crippen LogP contribution in [0.15, 0.2) is 60.7 Å². The Morgan fingerprint density at radius 3 is 2.08 bits per heavy atom. The number of anilines is 1. The fourth-order valence-corrected chi connectivity index (χ4v) is 4.64. The molecule has 0 spiro atoms. The molecular weight excluding hydrogens is 324 g/mol. The van der Waals surface area contributed by atoms with Gasteiger partial charge >= 0.3 is 0 Å². The topological polar surface area (TPSA) is 54.0 Å². The van der Waals surface area contributed by atoms with Crippen LogP contribution in [-0.2, 0) is 9.59 Å². The van der Waals surface area contributed by atoms with Crippen LogP contribution in [0.4, 0.5) is 5.69 Å². The van der Waals surface area contributed by atoms with Crippen LogP contribution >= 0.6 is 0 Å². The van der Waals surface area contributed by atoms with Crippen molar-refractivity contribution in [3.8, 4) is 0 Å². The second-order valence-corrected chi connectivity index (χ2v) is 7.82. The predicted molar refractivity (Wildman–Crippen MR) is 100 cm³/mol. The molecule has 0 radical (unpaired) electrons. The van der Waals surface area contributed by atoms with Gasteiger partial charge in [0.05, 0.1) is 11.7 Å². The first-order valence-electron chi connectivity index (χ1n) is 9.40. The molecule has 2 saturated heterocycles. The van der Waals surface area contributed by atoms with Gasteiger partial charge in [0.2, 0.25) is 11.8 Å². The van der Waals surface area contributed by atoms with E-state index >= 15 is 0 Å². The van der Waals surface area contributed by atoms with Crippen molar-refractivity contribution < 1.29 is 14.9 Å². The van der Waals surface area contributed by atoms with E-state index in [0.29, 0.717) is 11.6 Å². The van der Waals surface area contributed by atoms with Gasteiger partial charge in [0.15, 0.2) is 0 Å². The van der Waals surface area contributed by atoms with Gasteiger partial charge in [0, 0.05) is 12.0 Å². The van der Waals surface area contributed by atoms with E-state index in [4.69, 9.17) is 0 Å². The smallest absolute Gasteiger partial charge is 0.244 e. The summed E-state index contributed by atoms with van der Waals surface area (Å²) in [5.41, 5.74) is 1.82. The number of quaternary nitrogens is 1. The first-order chi connectivity index (χ1) is 12.6. The molecule has 2 aliphatic heterocycles. The molecule has 2 aromatic carbocycles. The van der Waals surface area contributed by atoms with Crippen molar-refractivity contribution in [3.05, 3.63) is 66.2 Å². The van der Waals surface area contributed by atoms with E-state index in [1.165, 1.54) is 4.90 Å². The van der Waals surface area contributed by atoms with E-state index in [1.54, 1.807) is 0 Å². The number of imide groups is 1. The van der Waals surface area contributed by atoms with Crippen molar-refractivity contribution in [2.75, 3.05) is 4.90 Å². The van der Waals surface area contributed by atoms with Crippen molar-refractivity contribution in [2.45, 2.75) is 32.4 Å². The Kier molecular flexibility index (Phi) is 4.37. The van der Waals surface area contributed by atoms with Crippen molar-refractivity contribution in [1.29, 1.82) is 0 Å². The molecule has 4 heteroatoms. The van der Waals surface area contributed by atoms with E-state index < -0.39 is 0 Å². The number of hydrogen-bond acceptors (Lipinski definition) is 2. The van der Waals surface area contributed by atoms with Crippen LogP contribution in [0.2, 0.25) is 0 Å². The average Bonchev–Trinajstić information content (AvgIpc) is 3.13. The fraction of sp³-hybridized carbons (Fsp3) is 0.364. The van der Waals surface area contributed by atoms with Gasteiger partial charge in [-0.25, -0.2) is 4.90 Å². The van der Waals surface area contributed by atoms with Crippen molar-refractivity contribution >= 4 is 17.5 Å². The molecule has 0 aliphatic carbocycles. The molecule has 2 amide bonds. The van der Waals surface area contributed by atoms with Crippen LogP contribution < -0.4 is 10.2 Å². The Bertz CT molecular complexity index is 803. The number of carbonyl (C=O) groups is 2. The second kappa shape index (κ2) is 6.69. The molecule has 134 valence electrons. The summed E-state index contributed by atoms with van der Waals surface area (Å²) in [5.74, 6) is -0.127. The molecule has 2 fully saturated rings. The van der Waals surface area contributed by atoms with Gasteiger partial charge in [-0.2, -0.15) is 0 Å². The number of hydrogen-bond donors (Lipinski definition) is 1. The van der Waals surface area contributed by atoms with Gasteiger partial charge in [0.1, 0.15) is 17.9 Å². The molecule has 0 bridgehead atoms. The largest absolute Gasteiger partial charge is 0.336 e. The maximum Gasteiger partial charge on any atom is 0.244 e. The lowest BCUT2D eigenvalue weighted by molar-refractivity contribution is -0.712. The summed E-state index contributed by atoms with van der Waals surface area (Å²) < 4.78 is 0. The van der Waals surface area contributed by atoms with Crippen LogP contribution in [0.3, 0.4) is 0 Å². The standard InChI is InChI=1S/C22H24N2O2/c1-14(2)13-17-18-19(20(23-17)15-9-5-3-6-10-15)22(26)24(21(18)25)16-11-7-4-8-12-16/h3-12,14,17-20,23H,13H2,1-2H3/p+1/t17-,18-,19+,20+/m1/s1. The minimum absolute atomic E-state index is 0.00936. The summed E-state index contributed by atoms with van der Waals surface area (Å²) in [6.45, 7) is 4.35. The molecule has 4 rings (SSSR count). The number of carbonyl (C=O) groups excluding carboxylic acids is 2. The van der Waals surface area contributed by atoms with Crippen LogP contribution in [0, 0.1) is 17.8 Å². The molecule has 4 nitrogen and oxygen atoms in total. The Hall–Kier alpha value is -2.46. The number of nitrogens with zero attached hydrogens (tertiary/aromatic N) is 1. The van der Waals surface area contributed by atoms with Crippen LogP contribution in [0.5, 0.6) is 0 Å². The summed E-state index contributed by atoms with van der Waals surface area (Å²) in [6, 6.07) is 19.6. The Morgan fingerprint density at radius 1 is 0.885 bits per heavy atom. The Balaban J connectivity index is 1.74. The zero-order valence-electron chi connectivity index (χ0n) is 15.2. The minimum Gasteiger partial charge on any atom is -0.336 e. The molecule has 2 heterocycles. The third-order valence-corrected chi connectivity index (χ3v) is 5.64. The quantitative estimate of drug-likeness (QED) is 0.863. The van der Waals surface area contributed by atoms with Crippen molar-refractivity contribution in [2.24, 2.45) is 17.8 Å². The Labute approximate surface area is 154 Å². The van der Waals surface area contributed by atoms with Crippen molar-refractivity contribution in [1.82, 2.24) is 0 Å². The summed E-state index contributed by atoms with van der Waals surface area (Å²) >= 11 is 0. The van der Waals surface area contributed by atoms with Gasteiger partial charge in [-0.05, 0) is 18.1 Å². The molecule has 2 aliphatic rings. The number of rotatable bonds is 4. The van der Waals surface area contributed by atoms with Gasteiger partial charge < -0.3 is 5.32 Å². The summed E-state index contributed by atoms with van der Waals surface area (Å²) in [5, 5.41) is 2.27. The van der Waals surface area contributed by atoms with Crippen molar-refractivity contribution in [3.63, 3.8) is 0 Å². The zero-order valence-corrected chi connectivity index (χ0v) is 15.2. The highest BCUT2D eigenvalue weighted by atomic mass is 16.2. The first kappa shape index (κ1) is 17.0. The lowest BCUT2D eigenvalue weighted by Crippen LogP contribution is -2.89. The number of fused-ring (bicyclic) bond motifs is 1. The lowest BCUT2D eigenvalue weighted by atomic mass is 9.84. The fourth-order valence-electron chi connectivity index (χ4n) is 4.64. The first-order valence-corrected chi connectivity index (χ1v) is 9.40. The maximum atomic E-state index is 13.3. The maximum absolute atomic E-state index is 13.3. The van der Waals surface area contributed by atoms with Gasteiger partial charge in [-0.15, -0.1) is 0 Å². The van der Waals surface area contributed by atoms with Crippen LogP contribution in [0.25, 0.3) is 0 Å². The van der Waals surface area contributed by atoms with E-state index in [0.717, 1.165) is 12.0 Å². The van der Waals surface area contributed by atoms with Gasteiger partial charge in [0.25, 0.3) is 0 Å². The summed E-state index contributed by atoms with van der Waals surface area (Å²) in [6.07, 6.45) is 0.937. The number of benzene rings is 2. The van der Waals surface area contributed by atoms with E-state index in [2.05, 4.69) is 31.3 Å². The highest BCUT2D eigenvalue weighted by molar-refractivity contribution is 6.22. The molecule has 0 unspecified atom stereocenters. The predicted octanol–water partition coefficient (Wildman–Crippen LogP) is 2.53. The molecular formula is C22H25N2O2+. The highest BCUT2D eigenvalue weighted by Crippen LogP contribution is 2.42. The van der Waals surface area contributed by atoms with E-state index in [9.17, 15) is 9.59 Å². The van der Waals surface area contributed by atoms with E-state index in [-0.39, 0.29) is 35.7 Å². The molecule has 0 saturated carbocycles. The molecule has 2 N–H and O–H groups in total. The third-order valence-electron chi connectivity index (χ3n) is 5.64. The van der Waals surface area contributed by atoms with E-state index in [1.807, 2.05) is 48.5 Å². The minimum atomic E-state index is -0.283. The number of para-hydroxylation sites is 1. The second-order valence-electron chi connectivity index (χ2n) is 7.82. The highest BCUT2D eigenvalue weighted by Gasteiger charge is 2.62. The number of nitrogens with two attached hydrogens (primary N) is 1. The summed E-state index contributed by atoms with van der Waals surface area (Å²) in [7, 11) is 0. The average molecular weight is 349 g/mol. The Morgan fingerprint density at radius 2 is 1.46 bits per heavy atom. The number of amides is 2. The lowest BCUT2D eigenvalue weighted by Gasteiger charge is -2.21. The molecule has 0 aromatic heterocycles.